The third kappa shape index (κ3) is 42.9. The number of hydrogen-bond donors (Lipinski definition) is 0. The second-order valence-corrected chi connectivity index (χ2v) is 6.32. The zero-order valence-electron chi connectivity index (χ0n) is 18.1. The molecule has 0 aliphatic heterocycles. The molecule has 0 heterocycles. The molecule has 0 nitrogen and oxygen atoms in total. The van der Waals surface area contributed by atoms with E-state index >= 15 is 0 Å². The molecule has 0 atom stereocenters. The number of unbranched alkanes of at least 4 members (excludes halogenated alkanes) is 9. The molecule has 24 heavy (non-hydrogen) atoms. The largest absolute Gasteiger partial charge is 0.103 e. The predicted octanol–water partition coefficient (Wildman–Crippen LogP) is 9.59. The first-order valence-electron chi connectivity index (χ1n) is 10.8. The normalized spacial score (nSPS) is 9.42. The van der Waals surface area contributed by atoms with Crippen LogP contribution in [0.3, 0.4) is 0 Å². The van der Waals surface area contributed by atoms with Crippen LogP contribution in [-0.2, 0) is 0 Å². The minimum atomic E-state index is 0. The Kier molecular flexibility index (Phi) is 39.6. The van der Waals surface area contributed by atoms with Crippen LogP contribution in [0.25, 0.3) is 0 Å². The SMILES string of the molecule is CCC/C=C\CCC.CCCC#CCCC.CCCCCCCC.[HH].[HH]. The van der Waals surface area contributed by atoms with Crippen molar-refractivity contribution in [1.82, 2.24) is 0 Å². The minimum absolute atomic E-state index is 0. The van der Waals surface area contributed by atoms with Gasteiger partial charge in [0.1, 0.15) is 0 Å². The molecule has 0 aromatic rings. The van der Waals surface area contributed by atoms with Crippen molar-refractivity contribution < 1.29 is 2.85 Å². The maximum absolute atomic E-state index is 3.09. The van der Waals surface area contributed by atoms with Gasteiger partial charge < -0.3 is 0 Å². The van der Waals surface area contributed by atoms with Crippen LogP contribution in [0.4, 0.5) is 0 Å². The molecule has 148 valence electrons. The van der Waals surface area contributed by atoms with Gasteiger partial charge in [0.05, 0.1) is 0 Å². The van der Waals surface area contributed by atoms with Crippen molar-refractivity contribution >= 4 is 0 Å². The van der Waals surface area contributed by atoms with E-state index < -0.39 is 0 Å². The van der Waals surface area contributed by atoms with Gasteiger partial charge in [-0.2, -0.15) is 0 Å². The van der Waals surface area contributed by atoms with Crippen LogP contribution in [0.2, 0.25) is 0 Å². The highest BCUT2D eigenvalue weighted by molar-refractivity contribution is 4.97. The zero-order valence-corrected chi connectivity index (χ0v) is 18.1. The van der Waals surface area contributed by atoms with Gasteiger partial charge in [0, 0.05) is 15.7 Å². The Hall–Kier alpha value is -0.700. The summed E-state index contributed by atoms with van der Waals surface area (Å²) < 4.78 is 0. The Morgan fingerprint density at radius 2 is 0.875 bits per heavy atom. The van der Waals surface area contributed by atoms with Gasteiger partial charge in [-0.15, -0.1) is 11.8 Å². The topological polar surface area (TPSA) is 0 Å². The molecule has 0 heteroatoms. The van der Waals surface area contributed by atoms with Crippen molar-refractivity contribution in [2.75, 3.05) is 0 Å². The molecule has 0 radical (unpaired) electrons. The smallest absolute Gasteiger partial charge is 0.00860 e. The van der Waals surface area contributed by atoms with E-state index in [2.05, 4.69) is 65.5 Å². The van der Waals surface area contributed by atoms with Crippen molar-refractivity contribution in [3.05, 3.63) is 12.2 Å². The second-order valence-electron chi connectivity index (χ2n) is 6.32. The fourth-order valence-electron chi connectivity index (χ4n) is 1.85. The van der Waals surface area contributed by atoms with E-state index in [-0.39, 0.29) is 2.85 Å². The van der Waals surface area contributed by atoms with E-state index in [9.17, 15) is 0 Å². The maximum Gasteiger partial charge on any atom is 0.00860 e. The predicted molar refractivity (Wildman–Crippen MR) is 120 cm³/mol. The van der Waals surface area contributed by atoms with Crippen molar-refractivity contribution in [1.29, 1.82) is 0 Å². The summed E-state index contributed by atoms with van der Waals surface area (Å²) in [5, 5.41) is 0. The summed E-state index contributed by atoms with van der Waals surface area (Å²) in [6.45, 7) is 13.2. The van der Waals surface area contributed by atoms with Crippen molar-refractivity contribution in [3.63, 3.8) is 0 Å². The molecule has 0 spiro atoms. The first kappa shape index (κ1) is 28.1. The van der Waals surface area contributed by atoms with Gasteiger partial charge in [-0.1, -0.05) is 105 Å². The fraction of sp³-hybridized carbons (Fsp3) is 0.833. The van der Waals surface area contributed by atoms with E-state index in [1.807, 2.05) is 0 Å². The second kappa shape index (κ2) is 33.8. The lowest BCUT2D eigenvalue weighted by molar-refractivity contribution is 0.624. The summed E-state index contributed by atoms with van der Waals surface area (Å²) >= 11 is 0. The first-order valence-corrected chi connectivity index (χ1v) is 10.8. The molecular weight excluding hydrogens is 288 g/mol. The van der Waals surface area contributed by atoms with Crippen LogP contribution in [-0.4, -0.2) is 0 Å². The molecule has 0 aliphatic carbocycles. The Labute approximate surface area is 158 Å². The number of rotatable bonds is 11. The van der Waals surface area contributed by atoms with Gasteiger partial charge in [-0.05, 0) is 25.7 Å². The summed E-state index contributed by atoms with van der Waals surface area (Å²) in [5.74, 6) is 6.17. The van der Waals surface area contributed by atoms with Crippen LogP contribution in [0, 0.1) is 11.8 Å². The Morgan fingerprint density at radius 3 is 1.12 bits per heavy atom. The van der Waals surface area contributed by atoms with Gasteiger partial charge in [-0.3, -0.25) is 0 Å². The van der Waals surface area contributed by atoms with Crippen LogP contribution in [0.5, 0.6) is 0 Å². The molecule has 0 amide bonds. The standard InChI is InChI=1S/C8H18.C8H16.C8H14.2H2/c3*1-3-5-7-8-6-4-2;;/h3-8H2,1-2H3;7-8H,3-6H2,1-2H3;3-6H2,1-2H3;2*1H/b;8-7-;;;. The van der Waals surface area contributed by atoms with Gasteiger partial charge in [-0.25, -0.2) is 0 Å². The Balaban J connectivity index is -0.0000000817. The fourth-order valence-corrected chi connectivity index (χ4v) is 1.85. The molecule has 0 aliphatic rings. The van der Waals surface area contributed by atoms with Crippen LogP contribution in [0.1, 0.15) is 134 Å². The van der Waals surface area contributed by atoms with Gasteiger partial charge in [0.2, 0.25) is 0 Å². The van der Waals surface area contributed by atoms with E-state index in [0.717, 1.165) is 12.8 Å². The zero-order chi connectivity index (χ0) is 18.7. The molecule has 0 unspecified atom stereocenters. The quantitative estimate of drug-likeness (QED) is 0.199. The lowest BCUT2D eigenvalue weighted by Gasteiger charge is -1.93. The van der Waals surface area contributed by atoms with Gasteiger partial charge >= 0.3 is 0 Å². The Morgan fingerprint density at radius 1 is 0.500 bits per heavy atom. The highest BCUT2D eigenvalue weighted by atomic mass is 13.9. The lowest BCUT2D eigenvalue weighted by Crippen LogP contribution is -1.73. The molecule has 0 saturated heterocycles. The van der Waals surface area contributed by atoms with E-state index in [1.165, 1.54) is 77.0 Å². The van der Waals surface area contributed by atoms with E-state index in [1.54, 1.807) is 0 Å². The molecular formula is C24H52. The summed E-state index contributed by atoms with van der Waals surface area (Å²) in [5.41, 5.74) is 0. The monoisotopic (exact) mass is 340 g/mol. The van der Waals surface area contributed by atoms with Crippen molar-refractivity contribution in [3.8, 4) is 11.8 Å². The molecule has 0 saturated carbocycles. The molecule has 0 aromatic heterocycles. The van der Waals surface area contributed by atoms with Crippen LogP contribution in [0.15, 0.2) is 12.2 Å². The summed E-state index contributed by atoms with van der Waals surface area (Å²) in [6.07, 6.45) is 22.6. The highest BCUT2D eigenvalue weighted by Crippen LogP contribution is 2.03. The van der Waals surface area contributed by atoms with E-state index in [0.29, 0.717) is 0 Å². The Bertz CT molecular complexity index is 237. The molecule has 0 N–H and O–H groups in total. The molecule has 0 rings (SSSR count). The highest BCUT2D eigenvalue weighted by Gasteiger charge is 1.83. The molecule has 0 bridgehead atoms. The maximum atomic E-state index is 3.09. The van der Waals surface area contributed by atoms with Crippen molar-refractivity contribution in [2.24, 2.45) is 0 Å². The molecule has 0 fully saturated rings. The average molecular weight is 341 g/mol. The van der Waals surface area contributed by atoms with Crippen LogP contribution >= 0.6 is 0 Å². The minimum Gasteiger partial charge on any atom is -0.103 e. The van der Waals surface area contributed by atoms with E-state index in [4.69, 9.17) is 0 Å². The first-order chi connectivity index (χ1) is 11.7. The summed E-state index contributed by atoms with van der Waals surface area (Å²) in [7, 11) is 0. The number of hydrogen-bond acceptors (Lipinski definition) is 0. The lowest BCUT2D eigenvalue weighted by atomic mass is 10.1. The number of allylic oxidation sites excluding steroid dienone is 2. The third-order valence-corrected chi connectivity index (χ3v) is 3.41. The van der Waals surface area contributed by atoms with Crippen molar-refractivity contribution in [2.45, 2.75) is 131 Å². The van der Waals surface area contributed by atoms with Crippen LogP contribution < -0.4 is 0 Å². The summed E-state index contributed by atoms with van der Waals surface area (Å²) in [6, 6.07) is 0. The molecule has 0 aromatic carbocycles. The van der Waals surface area contributed by atoms with Gasteiger partial charge in [0.25, 0.3) is 0 Å². The third-order valence-electron chi connectivity index (χ3n) is 3.41. The van der Waals surface area contributed by atoms with Gasteiger partial charge in [0.15, 0.2) is 0 Å². The average Bonchev–Trinajstić information content (AvgIpc) is 2.61. The summed E-state index contributed by atoms with van der Waals surface area (Å²) in [4.78, 5) is 0.